The van der Waals surface area contributed by atoms with E-state index in [-0.39, 0.29) is 18.6 Å². The molecular formula is C13H20N2O2. The molecule has 2 N–H and O–H groups in total. The molecule has 1 heterocycles. The Kier molecular flexibility index (Phi) is 3.84. The van der Waals surface area contributed by atoms with E-state index in [4.69, 9.17) is 5.11 Å². The molecule has 1 aliphatic carbocycles. The van der Waals surface area contributed by atoms with Crippen LogP contribution in [0.4, 0.5) is 0 Å². The van der Waals surface area contributed by atoms with Gasteiger partial charge in [-0.1, -0.05) is 0 Å². The van der Waals surface area contributed by atoms with Gasteiger partial charge >= 0.3 is 0 Å². The molecule has 94 valence electrons. The minimum absolute atomic E-state index is 0.00709. The lowest BCUT2D eigenvalue weighted by Crippen LogP contribution is -2.33. The highest BCUT2D eigenvalue weighted by Gasteiger charge is 2.26. The molecule has 1 aromatic rings. The Morgan fingerprint density at radius 3 is 3.06 bits per heavy atom. The van der Waals surface area contributed by atoms with Crippen molar-refractivity contribution in [2.24, 2.45) is 0 Å². The van der Waals surface area contributed by atoms with Gasteiger partial charge in [-0.3, -0.25) is 4.79 Å². The first kappa shape index (κ1) is 12.2. The van der Waals surface area contributed by atoms with E-state index in [0.29, 0.717) is 6.04 Å². The smallest absolute Gasteiger partial charge is 0.268 e. The number of aromatic nitrogens is 1. The fraction of sp³-hybridized carbons (Fsp3) is 0.615. The third-order valence-corrected chi connectivity index (χ3v) is 3.12. The van der Waals surface area contributed by atoms with Crippen LogP contribution >= 0.6 is 0 Å². The number of hydrogen-bond acceptors (Lipinski definition) is 2. The number of hydrogen-bond donors (Lipinski definition) is 2. The van der Waals surface area contributed by atoms with Gasteiger partial charge in [-0.05, 0) is 44.7 Å². The van der Waals surface area contributed by atoms with E-state index in [2.05, 4.69) is 9.88 Å². The second kappa shape index (κ2) is 5.36. The quantitative estimate of drug-likeness (QED) is 0.790. The summed E-state index contributed by atoms with van der Waals surface area (Å²) in [6.07, 6.45) is 5.87. The second-order valence-electron chi connectivity index (χ2n) is 4.77. The van der Waals surface area contributed by atoms with Crippen molar-refractivity contribution in [1.82, 2.24) is 9.88 Å². The molecule has 4 heteroatoms. The van der Waals surface area contributed by atoms with E-state index >= 15 is 0 Å². The summed E-state index contributed by atoms with van der Waals surface area (Å²) in [5.41, 5.74) is 0.753. The molecule has 1 aromatic heterocycles. The Morgan fingerprint density at radius 2 is 2.41 bits per heavy atom. The van der Waals surface area contributed by atoms with E-state index in [1.165, 1.54) is 12.8 Å². The van der Waals surface area contributed by atoms with Crippen LogP contribution in [0.2, 0.25) is 0 Å². The maximum absolute atomic E-state index is 12.0. The number of rotatable bonds is 6. The van der Waals surface area contributed by atoms with Gasteiger partial charge in [-0.15, -0.1) is 0 Å². The zero-order chi connectivity index (χ0) is 12.3. The molecule has 0 radical (unpaired) electrons. The number of aliphatic hydroxyl groups excluding tert-OH is 1. The molecule has 0 spiro atoms. The second-order valence-corrected chi connectivity index (χ2v) is 4.77. The number of carbonyl (C=O) groups excluding carboxylic acids is 1. The van der Waals surface area contributed by atoms with E-state index in [9.17, 15) is 4.79 Å². The van der Waals surface area contributed by atoms with E-state index in [1.807, 2.05) is 25.3 Å². The summed E-state index contributed by atoms with van der Waals surface area (Å²) in [4.78, 5) is 12.0. The molecule has 1 atom stereocenters. The molecule has 17 heavy (non-hydrogen) atoms. The minimum atomic E-state index is -0.00709. The van der Waals surface area contributed by atoms with Crippen molar-refractivity contribution in [3.8, 4) is 0 Å². The Morgan fingerprint density at radius 1 is 1.65 bits per heavy atom. The van der Waals surface area contributed by atoms with Crippen molar-refractivity contribution in [3.63, 3.8) is 0 Å². The molecule has 2 rings (SSSR count). The Balaban J connectivity index is 1.92. The van der Waals surface area contributed by atoms with Crippen LogP contribution in [0.1, 0.15) is 49.1 Å². The van der Waals surface area contributed by atoms with Crippen LogP contribution in [0.15, 0.2) is 18.3 Å². The van der Waals surface area contributed by atoms with Crippen molar-refractivity contribution in [2.75, 3.05) is 6.61 Å². The van der Waals surface area contributed by atoms with Crippen LogP contribution < -0.4 is 5.32 Å². The zero-order valence-corrected chi connectivity index (χ0v) is 10.2. The lowest BCUT2D eigenvalue weighted by molar-refractivity contribution is 0.0927. The Hall–Kier alpha value is -1.29. The largest absolute Gasteiger partial charge is 0.396 e. The summed E-state index contributed by atoms with van der Waals surface area (Å²) in [6, 6.07) is 4.42. The van der Waals surface area contributed by atoms with Crippen LogP contribution in [0.5, 0.6) is 0 Å². The number of carbonyl (C=O) groups is 1. The normalized spacial score (nSPS) is 16.8. The first-order valence-electron chi connectivity index (χ1n) is 6.31. The monoisotopic (exact) mass is 236 g/mol. The topological polar surface area (TPSA) is 54.3 Å². The van der Waals surface area contributed by atoms with Gasteiger partial charge in [0.25, 0.3) is 5.91 Å². The molecule has 1 fully saturated rings. The summed E-state index contributed by atoms with van der Waals surface area (Å²) < 4.78 is 2.06. The van der Waals surface area contributed by atoms with Crippen molar-refractivity contribution in [2.45, 2.75) is 44.7 Å². The van der Waals surface area contributed by atoms with E-state index < -0.39 is 0 Å². The number of nitrogens with one attached hydrogen (secondary N) is 1. The SMILES string of the molecule is CC(CCCO)NC(=O)c1cccn1C1CC1. The predicted octanol–water partition coefficient (Wildman–Crippen LogP) is 1.71. The highest BCUT2D eigenvalue weighted by Crippen LogP contribution is 2.35. The van der Waals surface area contributed by atoms with Crippen molar-refractivity contribution in [3.05, 3.63) is 24.0 Å². The molecule has 1 saturated carbocycles. The average molecular weight is 236 g/mol. The standard InChI is InChI=1S/C13H20N2O2/c1-10(4-3-9-16)14-13(17)12-5-2-8-15(12)11-6-7-11/h2,5,8,10-11,16H,3-4,6-7,9H2,1H3,(H,14,17). The summed E-state index contributed by atoms with van der Waals surface area (Å²) in [6.45, 7) is 2.15. The van der Waals surface area contributed by atoms with Crippen molar-refractivity contribution in [1.29, 1.82) is 0 Å². The molecule has 4 nitrogen and oxygen atoms in total. The van der Waals surface area contributed by atoms with Gasteiger partial charge < -0.3 is 15.0 Å². The minimum Gasteiger partial charge on any atom is -0.396 e. The van der Waals surface area contributed by atoms with Gasteiger partial charge in [-0.2, -0.15) is 0 Å². The first-order chi connectivity index (χ1) is 8.22. The van der Waals surface area contributed by atoms with Crippen LogP contribution in [-0.2, 0) is 0 Å². The number of amides is 1. The van der Waals surface area contributed by atoms with Crippen molar-refractivity contribution >= 4 is 5.91 Å². The average Bonchev–Trinajstić information content (AvgIpc) is 3.04. The molecule has 0 aromatic carbocycles. The maximum Gasteiger partial charge on any atom is 0.268 e. The fourth-order valence-electron chi connectivity index (χ4n) is 2.02. The first-order valence-corrected chi connectivity index (χ1v) is 6.31. The van der Waals surface area contributed by atoms with Crippen LogP contribution in [0.3, 0.4) is 0 Å². The predicted molar refractivity (Wildman–Crippen MR) is 66.0 cm³/mol. The van der Waals surface area contributed by atoms with Gasteiger partial charge in [0.15, 0.2) is 0 Å². The Bertz CT molecular complexity index is 383. The van der Waals surface area contributed by atoms with Crippen LogP contribution in [0.25, 0.3) is 0 Å². The fourth-order valence-corrected chi connectivity index (χ4v) is 2.02. The van der Waals surface area contributed by atoms with Gasteiger partial charge in [0.2, 0.25) is 0 Å². The highest BCUT2D eigenvalue weighted by atomic mass is 16.3. The van der Waals surface area contributed by atoms with Crippen LogP contribution in [0, 0.1) is 0 Å². The molecular weight excluding hydrogens is 216 g/mol. The van der Waals surface area contributed by atoms with Gasteiger partial charge in [0.05, 0.1) is 0 Å². The van der Waals surface area contributed by atoms with Gasteiger partial charge in [-0.25, -0.2) is 0 Å². The molecule has 1 aliphatic rings. The molecule has 0 saturated heterocycles. The maximum atomic E-state index is 12.0. The Labute approximate surface area is 102 Å². The highest BCUT2D eigenvalue weighted by molar-refractivity contribution is 5.93. The molecule has 1 unspecified atom stereocenters. The lowest BCUT2D eigenvalue weighted by Gasteiger charge is -2.14. The number of aliphatic hydroxyl groups is 1. The van der Waals surface area contributed by atoms with Gasteiger partial charge in [0.1, 0.15) is 5.69 Å². The number of nitrogens with zero attached hydrogens (tertiary/aromatic N) is 1. The summed E-state index contributed by atoms with van der Waals surface area (Å²) >= 11 is 0. The zero-order valence-electron chi connectivity index (χ0n) is 10.2. The molecule has 0 aliphatic heterocycles. The summed E-state index contributed by atoms with van der Waals surface area (Å²) in [5.74, 6) is -0.00709. The molecule has 1 amide bonds. The van der Waals surface area contributed by atoms with E-state index in [1.54, 1.807) is 0 Å². The third-order valence-electron chi connectivity index (χ3n) is 3.12. The lowest BCUT2D eigenvalue weighted by atomic mass is 10.2. The summed E-state index contributed by atoms with van der Waals surface area (Å²) in [5, 5.41) is 11.7. The third kappa shape index (κ3) is 3.09. The van der Waals surface area contributed by atoms with Crippen LogP contribution in [-0.4, -0.2) is 28.2 Å². The molecule has 0 bridgehead atoms. The van der Waals surface area contributed by atoms with Gasteiger partial charge in [0, 0.05) is 24.9 Å². The van der Waals surface area contributed by atoms with E-state index in [0.717, 1.165) is 18.5 Å². The summed E-state index contributed by atoms with van der Waals surface area (Å²) in [7, 11) is 0. The van der Waals surface area contributed by atoms with Crippen molar-refractivity contribution < 1.29 is 9.90 Å².